The van der Waals surface area contributed by atoms with Gasteiger partial charge < -0.3 is 5.11 Å². The molecule has 0 saturated carbocycles. The van der Waals surface area contributed by atoms with E-state index in [-0.39, 0.29) is 0 Å². The molecule has 96 valence electrons. The Labute approximate surface area is 123 Å². The highest BCUT2D eigenvalue weighted by Gasteiger charge is 2.15. The second-order valence-corrected chi connectivity index (χ2v) is 6.87. The molecule has 1 N–H and O–H groups in total. The number of nitrogens with zero attached hydrogens (tertiary/aromatic N) is 1. The van der Waals surface area contributed by atoms with Crippen molar-refractivity contribution in [3.8, 4) is 0 Å². The first-order valence-electron chi connectivity index (χ1n) is 5.94. The number of pyridine rings is 1. The van der Waals surface area contributed by atoms with E-state index in [1.807, 2.05) is 43.3 Å². The lowest BCUT2D eigenvalue weighted by atomic mass is 10.1. The van der Waals surface area contributed by atoms with E-state index in [0.717, 1.165) is 30.7 Å². The van der Waals surface area contributed by atoms with Gasteiger partial charge in [-0.15, -0.1) is 11.3 Å². The summed E-state index contributed by atoms with van der Waals surface area (Å²) in [5.41, 5.74) is 2.93. The summed E-state index contributed by atoms with van der Waals surface area (Å²) in [6.07, 6.45) is 1.17. The third-order valence-corrected chi connectivity index (χ3v) is 5.28. The van der Waals surface area contributed by atoms with Crippen LogP contribution in [0.4, 0.5) is 0 Å². The Balaban J connectivity index is 2.03. The van der Waals surface area contributed by atoms with Crippen LogP contribution in [0.25, 0.3) is 10.9 Å². The molecule has 0 radical (unpaired) electrons. The number of hydrogen-bond donors (Lipinski definition) is 1. The Kier molecular flexibility index (Phi) is 3.39. The zero-order chi connectivity index (χ0) is 13.4. The molecule has 0 fully saturated rings. The molecule has 2 nitrogen and oxygen atoms in total. The van der Waals surface area contributed by atoms with Crippen LogP contribution in [0.15, 0.2) is 46.4 Å². The van der Waals surface area contributed by atoms with Gasteiger partial charge in [0.15, 0.2) is 0 Å². The summed E-state index contributed by atoms with van der Waals surface area (Å²) >= 11 is 5.06. The monoisotopic (exact) mass is 333 g/mol. The van der Waals surface area contributed by atoms with E-state index in [9.17, 15) is 5.11 Å². The topological polar surface area (TPSA) is 33.1 Å². The lowest BCUT2D eigenvalue weighted by Crippen LogP contribution is -1.97. The number of aliphatic hydroxyl groups excluding tert-OH is 1. The van der Waals surface area contributed by atoms with Gasteiger partial charge >= 0.3 is 0 Å². The Hall–Kier alpha value is -1.23. The molecular formula is C15H12BrNOS. The molecule has 1 unspecified atom stereocenters. The van der Waals surface area contributed by atoms with Crippen LogP contribution >= 0.6 is 27.3 Å². The van der Waals surface area contributed by atoms with Gasteiger partial charge in [-0.1, -0.05) is 18.2 Å². The van der Waals surface area contributed by atoms with Crippen molar-refractivity contribution in [2.75, 3.05) is 0 Å². The van der Waals surface area contributed by atoms with Crippen molar-refractivity contribution < 1.29 is 5.11 Å². The van der Waals surface area contributed by atoms with Crippen molar-refractivity contribution in [2.24, 2.45) is 0 Å². The van der Waals surface area contributed by atoms with Crippen molar-refractivity contribution in [1.82, 2.24) is 4.98 Å². The Bertz CT molecular complexity index is 718. The predicted octanol–water partition coefficient (Wildman–Crippen LogP) is 4.45. The molecule has 4 heteroatoms. The SMILES string of the molecule is Cc1cc(C(O)c2ccc3cccnc3c2)sc1Br. The quantitative estimate of drug-likeness (QED) is 0.751. The number of aromatic nitrogens is 1. The average Bonchev–Trinajstić information content (AvgIpc) is 2.77. The van der Waals surface area contributed by atoms with Crippen LogP contribution in [0.3, 0.4) is 0 Å². The minimum absolute atomic E-state index is 0.596. The zero-order valence-corrected chi connectivity index (χ0v) is 12.7. The molecule has 2 aromatic heterocycles. The third-order valence-electron chi connectivity index (χ3n) is 3.09. The van der Waals surface area contributed by atoms with Gasteiger partial charge in [-0.05, 0) is 52.2 Å². The maximum atomic E-state index is 10.5. The van der Waals surface area contributed by atoms with E-state index >= 15 is 0 Å². The second kappa shape index (κ2) is 5.04. The van der Waals surface area contributed by atoms with Gasteiger partial charge in [-0.3, -0.25) is 4.98 Å². The number of halogens is 1. The normalized spacial score (nSPS) is 12.8. The fraction of sp³-hybridized carbons (Fsp3) is 0.133. The summed E-state index contributed by atoms with van der Waals surface area (Å²) < 4.78 is 1.07. The van der Waals surface area contributed by atoms with Gasteiger partial charge in [0.2, 0.25) is 0 Å². The molecule has 0 aliphatic heterocycles. The van der Waals surface area contributed by atoms with Crippen molar-refractivity contribution in [1.29, 1.82) is 0 Å². The number of aryl methyl sites for hydroxylation is 1. The fourth-order valence-corrected chi connectivity index (χ4v) is 3.62. The maximum Gasteiger partial charge on any atom is 0.113 e. The van der Waals surface area contributed by atoms with E-state index in [1.54, 1.807) is 17.5 Å². The van der Waals surface area contributed by atoms with Crippen LogP contribution in [0, 0.1) is 6.92 Å². The standard InChI is InChI=1S/C15H12BrNOS/c1-9-7-13(19-15(9)16)14(18)11-5-4-10-3-2-6-17-12(10)8-11/h2-8,14,18H,1H3. The number of aliphatic hydroxyl groups is 1. The first-order valence-corrected chi connectivity index (χ1v) is 7.54. The highest BCUT2D eigenvalue weighted by Crippen LogP contribution is 2.34. The van der Waals surface area contributed by atoms with E-state index in [4.69, 9.17) is 0 Å². The number of thiophene rings is 1. The molecule has 1 aromatic carbocycles. The molecule has 0 amide bonds. The molecule has 0 aliphatic carbocycles. The van der Waals surface area contributed by atoms with Gasteiger partial charge in [0, 0.05) is 16.5 Å². The molecule has 0 bridgehead atoms. The van der Waals surface area contributed by atoms with Crippen LogP contribution in [0.5, 0.6) is 0 Å². The maximum absolute atomic E-state index is 10.5. The van der Waals surface area contributed by atoms with Crippen LogP contribution in [-0.4, -0.2) is 10.1 Å². The molecule has 0 spiro atoms. The molecule has 3 aromatic rings. The van der Waals surface area contributed by atoms with E-state index in [1.165, 1.54) is 0 Å². The number of hydrogen-bond acceptors (Lipinski definition) is 3. The van der Waals surface area contributed by atoms with Crippen LogP contribution in [0.1, 0.15) is 22.1 Å². The summed E-state index contributed by atoms with van der Waals surface area (Å²) in [7, 11) is 0. The number of fused-ring (bicyclic) bond motifs is 1. The molecule has 19 heavy (non-hydrogen) atoms. The first kappa shape index (κ1) is 12.8. The van der Waals surface area contributed by atoms with Gasteiger partial charge in [0.05, 0.1) is 9.30 Å². The Morgan fingerprint density at radius 1 is 1.26 bits per heavy atom. The van der Waals surface area contributed by atoms with Crippen LogP contribution in [0.2, 0.25) is 0 Å². The molecule has 0 saturated heterocycles. The smallest absolute Gasteiger partial charge is 0.113 e. The fourth-order valence-electron chi connectivity index (χ4n) is 2.04. The molecule has 3 rings (SSSR count). The molecular weight excluding hydrogens is 322 g/mol. The third kappa shape index (κ3) is 2.43. The summed E-state index contributed by atoms with van der Waals surface area (Å²) in [4.78, 5) is 5.27. The minimum atomic E-state index is -0.596. The van der Waals surface area contributed by atoms with Crippen LogP contribution in [-0.2, 0) is 0 Å². The summed E-state index contributed by atoms with van der Waals surface area (Å²) in [6, 6.07) is 11.8. The van der Waals surface area contributed by atoms with Gasteiger partial charge in [-0.25, -0.2) is 0 Å². The van der Waals surface area contributed by atoms with E-state index in [0.29, 0.717) is 0 Å². The lowest BCUT2D eigenvalue weighted by Gasteiger charge is -2.09. The van der Waals surface area contributed by atoms with Crippen molar-refractivity contribution >= 4 is 38.2 Å². The van der Waals surface area contributed by atoms with E-state index in [2.05, 4.69) is 20.9 Å². The van der Waals surface area contributed by atoms with Crippen molar-refractivity contribution in [2.45, 2.75) is 13.0 Å². The Morgan fingerprint density at radius 3 is 2.84 bits per heavy atom. The molecule has 2 heterocycles. The van der Waals surface area contributed by atoms with E-state index < -0.39 is 6.10 Å². The molecule has 0 aliphatic rings. The number of rotatable bonds is 2. The highest BCUT2D eigenvalue weighted by atomic mass is 79.9. The lowest BCUT2D eigenvalue weighted by molar-refractivity contribution is 0.224. The van der Waals surface area contributed by atoms with Gasteiger partial charge in [-0.2, -0.15) is 0 Å². The highest BCUT2D eigenvalue weighted by molar-refractivity contribution is 9.11. The van der Waals surface area contributed by atoms with Crippen LogP contribution < -0.4 is 0 Å². The van der Waals surface area contributed by atoms with Crippen molar-refractivity contribution in [3.63, 3.8) is 0 Å². The Morgan fingerprint density at radius 2 is 2.11 bits per heavy atom. The number of benzene rings is 1. The summed E-state index contributed by atoms with van der Waals surface area (Å²) in [5.74, 6) is 0. The summed E-state index contributed by atoms with van der Waals surface area (Å²) in [5, 5.41) is 11.5. The van der Waals surface area contributed by atoms with Gasteiger partial charge in [0.25, 0.3) is 0 Å². The summed E-state index contributed by atoms with van der Waals surface area (Å²) in [6.45, 7) is 2.03. The predicted molar refractivity (Wildman–Crippen MR) is 82.6 cm³/mol. The van der Waals surface area contributed by atoms with Gasteiger partial charge in [0.1, 0.15) is 6.10 Å². The average molecular weight is 334 g/mol. The first-order chi connectivity index (χ1) is 9.15. The second-order valence-electron chi connectivity index (χ2n) is 4.46. The minimum Gasteiger partial charge on any atom is -0.383 e. The zero-order valence-electron chi connectivity index (χ0n) is 10.3. The van der Waals surface area contributed by atoms with Crippen molar-refractivity contribution in [3.05, 3.63) is 62.4 Å². The molecule has 1 atom stereocenters. The largest absolute Gasteiger partial charge is 0.383 e.